The van der Waals surface area contributed by atoms with E-state index in [4.69, 9.17) is 9.73 Å². The normalized spacial score (nSPS) is 11.5. The van der Waals surface area contributed by atoms with Crippen LogP contribution in [0.15, 0.2) is 47.5 Å². The van der Waals surface area contributed by atoms with E-state index >= 15 is 0 Å². The molecule has 0 fully saturated rings. The summed E-state index contributed by atoms with van der Waals surface area (Å²) in [6.45, 7) is 12.8. The van der Waals surface area contributed by atoms with Crippen molar-refractivity contribution in [1.82, 2.24) is 14.8 Å². The van der Waals surface area contributed by atoms with Gasteiger partial charge in [-0.3, -0.25) is 9.56 Å². The molecule has 3 aromatic rings. The Balaban J connectivity index is 0.000000551. The Morgan fingerprint density at radius 3 is 2.24 bits per heavy atom. The van der Waals surface area contributed by atoms with Crippen LogP contribution < -0.4 is 4.74 Å². The van der Waals surface area contributed by atoms with Gasteiger partial charge in [-0.15, -0.1) is 10.2 Å². The second kappa shape index (κ2) is 10.6. The summed E-state index contributed by atoms with van der Waals surface area (Å²) in [6.07, 6.45) is 1.25. The number of aliphatic imine (C=N–C) groups is 1. The molecule has 0 atom stereocenters. The molecule has 1 aliphatic rings. The molecule has 0 unspecified atom stereocenters. The fourth-order valence-corrected chi connectivity index (χ4v) is 3.04. The molecular weight excluding hydrogens is 360 g/mol. The summed E-state index contributed by atoms with van der Waals surface area (Å²) in [6, 6.07) is 14.5. The molecule has 0 aliphatic carbocycles. The summed E-state index contributed by atoms with van der Waals surface area (Å²) in [5.74, 6) is 2.51. The molecule has 4 rings (SSSR count). The molecule has 0 bridgehead atoms. The van der Waals surface area contributed by atoms with Crippen LogP contribution in [0, 0.1) is 13.8 Å². The van der Waals surface area contributed by atoms with Crippen LogP contribution >= 0.6 is 0 Å². The van der Waals surface area contributed by atoms with E-state index < -0.39 is 0 Å². The summed E-state index contributed by atoms with van der Waals surface area (Å²) in [7, 11) is 1.68. The Hall–Kier alpha value is -2.95. The lowest BCUT2D eigenvalue weighted by atomic mass is 9.99. The SMILES string of the molecule is CC.CCC.COc1ccc2c(c1)C(c1ccc(C)cc1)=NCc1nnc(C)n1-2. The third kappa shape index (κ3) is 4.91. The second-order valence-corrected chi connectivity index (χ2v) is 6.62. The maximum absolute atomic E-state index is 5.43. The largest absolute Gasteiger partial charge is 0.497 e. The number of aromatic nitrogens is 3. The lowest BCUT2D eigenvalue weighted by Crippen LogP contribution is -2.08. The molecule has 0 N–H and O–H groups in total. The quantitative estimate of drug-likeness (QED) is 0.563. The molecule has 2 aromatic carbocycles. The first-order valence-corrected chi connectivity index (χ1v) is 10.3. The minimum atomic E-state index is 0.501. The van der Waals surface area contributed by atoms with E-state index in [9.17, 15) is 0 Å². The van der Waals surface area contributed by atoms with Gasteiger partial charge in [0.05, 0.1) is 18.5 Å². The van der Waals surface area contributed by atoms with Gasteiger partial charge in [0.25, 0.3) is 0 Å². The molecule has 29 heavy (non-hydrogen) atoms. The molecule has 1 aliphatic heterocycles. The van der Waals surface area contributed by atoms with Crippen LogP contribution in [0.2, 0.25) is 0 Å². The van der Waals surface area contributed by atoms with Gasteiger partial charge in [-0.25, -0.2) is 0 Å². The Morgan fingerprint density at radius 2 is 1.62 bits per heavy atom. The molecule has 5 heteroatoms. The fourth-order valence-electron chi connectivity index (χ4n) is 3.04. The van der Waals surface area contributed by atoms with Crippen LogP contribution in [-0.2, 0) is 6.54 Å². The smallest absolute Gasteiger partial charge is 0.159 e. The Morgan fingerprint density at radius 1 is 0.966 bits per heavy atom. The second-order valence-electron chi connectivity index (χ2n) is 6.62. The Labute approximate surface area is 174 Å². The number of aryl methyl sites for hydroxylation is 2. The van der Waals surface area contributed by atoms with Crippen LogP contribution in [0.4, 0.5) is 0 Å². The minimum absolute atomic E-state index is 0.501. The monoisotopic (exact) mass is 392 g/mol. The van der Waals surface area contributed by atoms with E-state index in [2.05, 4.69) is 59.8 Å². The van der Waals surface area contributed by atoms with Crippen molar-refractivity contribution in [1.29, 1.82) is 0 Å². The maximum atomic E-state index is 5.43. The van der Waals surface area contributed by atoms with Gasteiger partial charge in [-0.05, 0) is 32.0 Å². The predicted molar refractivity (Wildman–Crippen MR) is 120 cm³/mol. The Kier molecular flexibility index (Phi) is 8.13. The predicted octanol–water partition coefficient (Wildman–Crippen LogP) is 5.69. The van der Waals surface area contributed by atoms with E-state index in [0.717, 1.165) is 39.9 Å². The third-order valence-electron chi connectivity index (χ3n) is 4.30. The average molecular weight is 393 g/mol. The molecule has 154 valence electrons. The molecular formula is C24H32N4O. The molecule has 0 radical (unpaired) electrons. The first-order valence-electron chi connectivity index (χ1n) is 10.3. The molecule has 2 heterocycles. The third-order valence-corrected chi connectivity index (χ3v) is 4.30. The first kappa shape index (κ1) is 22.3. The number of methoxy groups -OCH3 is 1. The van der Waals surface area contributed by atoms with Gasteiger partial charge in [0.1, 0.15) is 18.1 Å². The van der Waals surface area contributed by atoms with Crippen molar-refractivity contribution in [2.45, 2.75) is 54.5 Å². The zero-order valence-electron chi connectivity index (χ0n) is 18.7. The molecule has 0 amide bonds. The van der Waals surface area contributed by atoms with Crippen molar-refractivity contribution in [2.24, 2.45) is 4.99 Å². The summed E-state index contributed by atoms with van der Waals surface area (Å²) >= 11 is 0. The van der Waals surface area contributed by atoms with Gasteiger partial charge in [0, 0.05) is 11.1 Å². The van der Waals surface area contributed by atoms with Crippen LogP contribution in [-0.4, -0.2) is 27.6 Å². The highest BCUT2D eigenvalue weighted by molar-refractivity contribution is 6.15. The van der Waals surface area contributed by atoms with Crippen LogP contribution in [0.25, 0.3) is 5.69 Å². The highest BCUT2D eigenvalue weighted by Gasteiger charge is 2.22. The Bertz CT molecular complexity index is 956. The van der Waals surface area contributed by atoms with Gasteiger partial charge < -0.3 is 4.74 Å². The van der Waals surface area contributed by atoms with Gasteiger partial charge in [-0.2, -0.15) is 0 Å². The summed E-state index contributed by atoms with van der Waals surface area (Å²) in [4.78, 5) is 4.83. The summed E-state index contributed by atoms with van der Waals surface area (Å²) in [5, 5.41) is 8.48. The number of fused-ring (bicyclic) bond motifs is 3. The van der Waals surface area contributed by atoms with Crippen molar-refractivity contribution in [3.05, 3.63) is 70.8 Å². The van der Waals surface area contributed by atoms with E-state index in [0.29, 0.717) is 6.54 Å². The molecule has 1 aromatic heterocycles. The highest BCUT2D eigenvalue weighted by Crippen LogP contribution is 2.28. The van der Waals surface area contributed by atoms with E-state index in [1.54, 1.807) is 7.11 Å². The van der Waals surface area contributed by atoms with Crippen molar-refractivity contribution in [3.63, 3.8) is 0 Å². The van der Waals surface area contributed by atoms with Crippen molar-refractivity contribution >= 4 is 5.71 Å². The molecule has 0 spiro atoms. The van der Waals surface area contributed by atoms with Gasteiger partial charge in [0.15, 0.2) is 5.82 Å². The zero-order valence-corrected chi connectivity index (χ0v) is 18.7. The van der Waals surface area contributed by atoms with Crippen molar-refractivity contribution in [3.8, 4) is 11.4 Å². The van der Waals surface area contributed by atoms with E-state index in [1.165, 1.54) is 12.0 Å². The van der Waals surface area contributed by atoms with Gasteiger partial charge >= 0.3 is 0 Å². The molecule has 0 saturated heterocycles. The number of rotatable bonds is 2. The van der Waals surface area contributed by atoms with Crippen LogP contribution in [0.3, 0.4) is 0 Å². The standard InChI is InChI=1S/C19H18N4O.C3H8.C2H6/c1-12-4-6-14(7-5-12)19-16-10-15(24-3)8-9-17(16)23-13(2)21-22-18(23)11-20-19;1-3-2;1-2/h4-10H,11H2,1-3H3;3H2,1-2H3;1-2H3. The average Bonchev–Trinajstić information content (AvgIpc) is 3.02. The topological polar surface area (TPSA) is 52.3 Å². The van der Waals surface area contributed by atoms with Gasteiger partial charge in [-0.1, -0.05) is 63.9 Å². The van der Waals surface area contributed by atoms with E-state index in [1.807, 2.05) is 39.0 Å². The fraction of sp³-hybridized carbons (Fsp3) is 0.375. The number of ether oxygens (including phenoxy) is 1. The first-order chi connectivity index (χ1) is 14.1. The summed E-state index contributed by atoms with van der Waals surface area (Å²) in [5.41, 5.74) is 5.33. The molecule has 0 saturated carbocycles. The van der Waals surface area contributed by atoms with Crippen molar-refractivity contribution < 1.29 is 4.74 Å². The van der Waals surface area contributed by atoms with Crippen LogP contribution in [0.1, 0.15) is 62.5 Å². The van der Waals surface area contributed by atoms with E-state index in [-0.39, 0.29) is 0 Å². The number of hydrogen-bond acceptors (Lipinski definition) is 4. The molecule has 5 nitrogen and oxygen atoms in total. The maximum Gasteiger partial charge on any atom is 0.159 e. The van der Waals surface area contributed by atoms with Gasteiger partial charge in [0.2, 0.25) is 0 Å². The number of nitrogens with zero attached hydrogens (tertiary/aromatic N) is 4. The highest BCUT2D eigenvalue weighted by atomic mass is 16.5. The summed E-state index contributed by atoms with van der Waals surface area (Å²) < 4.78 is 7.50. The number of benzene rings is 2. The zero-order chi connectivity index (χ0) is 21.4. The lowest BCUT2D eigenvalue weighted by Gasteiger charge is -2.14. The number of hydrogen-bond donors (Lipinski definition) is 0. The van der Waals surface area contributed by atoms with Crippen molar-refractivity contribution in [2.75, 3.05) is 7.11 Å². The minimum Gasteiger partial charge on any atom is -0.497 e. The van der Waals surface area contributed by atoms with Crippen LogP contribution in [0.5, 0.6) is 5.75 Å². The lowest BCUT2D eigenvalue weighted by molar-refractivity contribution is 0.414.